The number of carbonyl (C=O) groups excluding carboxylic acids is 1. The third-order valence-electron chi connectivity index (χ3n) is 2.63. The second-order valence-electron chi connectivity index (χ2n) is 4.74. The van der Waals surface area contributed by atoms with Crippen molar-refractivity contribution in [2.24, 2.45) is 0 Å². The van der Waals surface area contributed by atoms with Crippen molar-refractivity contribution in [2.45, 2.75) is 26.3 Å². The Bertz CT molecular complexity index is 407. The fourth-order valence-electron chi connectivity index (χ4n) is 1.28. The van der Waals surface area contributed by atoms with Crippen LogP contribution in [0, 0.1) is 0 Å². The van der Waals surface area contributed by atoms with E-state index in [4.69, 9.17) is 0 Å². The van der Waals surface area contributed by atoms with Crippen molar-refractivity contribution in [3.05, 3.63) is 35.4 Å². The van der Waals surface area contributed by atoms with Crippen LogP contribution in [0.4, 0.5) is 0 Å². The summed E-state index contributed by atoms with van der Waals surface area (Å²) in [7, 11) is 2.07. The van der Waals surface area contributed by atoms with Crippen LogP contribution in [-0.2, 0) is 19.4 Å². The molecule has 0 amide bonds. The van der Waals surface area contributed by atoms with Crippen molar-refractivity contribution in [3.8, 4) is 0 Å². The van der Waals surface area contributed by atoms with E-state index in [1.54, 1.807) is 0 Å². The van der Waals surface area contributed by atoms with Crippen molar-refractivity contribution < 1.29 is 24.1 Å². The van der Waals surface area contributed by atoms with Gasteiger partial charge in [-0.3, -0.25) is 0 Å². The molecule has 1 aromatic rings. The van der Waals surface area contributed by atoms with Gasteiger partial charge in [-0.1, -0.05) is 0 Å². The number of nitrogens with zero attached hydrogens (tertiary/aromatic N) is 1. The van der Waals surface area contributed by atoms with Gasteiger partial charge < -0.3 is 0 Å². The van der Waals surface area contributed by atoms with Gasteiger partial charge >= 0.3 is 108 Å². The van der Waals surface area contributed by atoms with Crippen molar-refractivity contribution in [1.82, 2.24) is 4.90 Å². The molecule has 0 bridgehead atoms. The predicted molar refractivity (Wildman–Crippen MR) is 63.5 cm³/mol. The number of hydrogen-bond donors (Lipinski definition) is 0. The number of carbonyl (C=O) groups is 1. The maximum atomic E-state index is 11.0. The molecule has 1 rings (SSSR count). The second kappa shape index (κ2) is 5.16. The van der Waals surface area contributed by atoms with E-state index in [0.29, 0.717) is 0 Å². The van der Waals surface area contributed by atoms with Gasteiger partial charge in [-0.05, 0) is 0 Å². The zero-order valence-corrected chi connectivity index (χ0v) is 13.1. The molecule has 0 unspecified atom stereocenters. The Morgan fingerprint density at radius 3 is 2.38 bits per heavy atom. The van der Waals surface area contributed by atoms with Gasteiger partial charge in [0.1, 0.15) is 0 Å². The first-order valence-corrected chi connectivity index (χ1v) is 6.67. The summed E-state index contributed by atoms with van der Waals surface area (Å²) in [5.74, 6) is 0. The molecule has 16 heavy (non-hydrogen) atoms. The van der Waals surface area contributed by atoms with Crippen LogP contribution in [0.25, 0.3) is 0 Å². The molecule has 0 spiro atoms. The van der Waals surface area contributed by atoms with Gasteiger partial charge in [-0.2, -0.15) is 0 Å². The van der Waals surface area contributed by atoms with Crippen LogP contribution in [0.3, 0.4) is 0 Å². The Labute approximate surface area is 108 Å². The average Bonchev–Trinajstić information content (AvgIpc) is 2.25. The van der Waals surface area contributed by atoms with E-state index in [1.165, 1.54) is 23.4 Å². The van der Waals surface area contributed by atoms with Gasteiger partial charge in [0.25, 0.3) is 0 Å². The van der Waals surface area contributed by atoms with Crippen LogP contribution in [0.15, 0.2) is 24.3 Å². The maximum absolute atomic E-state index is 11.0. The SMILES string of the molecule is CN([C](=[W])c1ccccc1C=O)C(C)(C)C. The second-order valence-corrected chi connectivity index (χ2v) is 6.13. The van der Waals surface area contributed by atoms with Gasteiger partial charge in [-0.25, -0.2) is 0 Å². The molecule has 0 saturated carbocycles. The molecule has 86 valence electrons. The molecule has 3 heteroatoms. The third-order valence-corrected chi connectivity index (χ3v) is 4.40. The van der Waals surface area contributed by atoms with Crippen LogP contribution in [0.2, 0.25) is 0 Å². The molecule has 0 heterocycles. The fourth-order valence-corrected chi connectivity index (χ4v) is 2.93. The molecule has 0 aliphatic carbocycles. The van der Waals surface area contributed by atoms with E-state index in [-0.39, 0.29) is 5.54 Å². The Balaban J connectivity index is 3.10. The molecular weight excluding hydrogens is 370 g/mol. The first-order valence-electron chi connectivity index (χ1n) is 5.20. The normalized spacial score (nSPS) is 11.6. The number of rotatable bonds is 3. The fraction of sp³-hybridized carbons (Fsp3) is 0.385. The molecular formula is C13H17NOW. The first kappa shape index (κ1) is 13.5. The van der Waals surface area contributed by atoms with Gasteiger partial charge in [0.15, 0.2) is 0 Å². The summed E-state index contributed by atoms with van der Waals surface area (Å²) in [6, 6.07) is 7.74. The van der Waals surface area contributed by atoms with Crippen LogP contribution in [0.1, 0.15) is 36.7 Å². The monoisotopic (exact) mass is 387 g/mol. The predicted octanol–water partition coefficient (Wildman–Crippen LogP) is 2.25. The van der Waals surface area contributed by atoms with Crippen LogP contribution >= 0.6 is 0 Å². The van der Waals surface area contributed by atoms with Gasteiger partial charge in [0.2, 0.25) is 0 Å². The molecule has 0 aliphatic rings. The van der Waals surface area contributed by atoms with Crippen molar-refractivity contribution in [2.75, 3.05) is 7.05 Å². The summed E-state index contributed by atoms with van der Waals surface area (Å²) in [5.41, 5.74) is 1.89. The van der Waals surface area contributed by atoms with Gasteiger partial charge in [-0.15, -0.1) is 0 Å². The molecule has 0 N–H and O–H groups in total. The molecule has 0 atom stereocenters. The van der Waals surface area contributed by atoms with Crippen LogP contribution in [0.5, 0.6) is 0 Å². The average molecular weight is 387 g/mol. The first-order chi connectivity index (χ1) is 7.38. The Kier molecular flexibility index (Phi) is 4.34. The van der Waals surface area contributed by atoms with Gasteiger partial charge in [0, 0.05) is 0 Å². The van der Waals surface area contributed by atoms with Crippen LogP contribution in [-0.4, -0.2) is 27.8 Å². The minimum atomic E-state index is 0.0765. The molecule has 0 aliphatic heterocycles. The molecule has 0 fully saturated rings. The van der Waals surface area contributed by atoms with E-state index >= 15 is 0 Å². The van der Waals surface area contributed by atoms with E-state index < -0.39 is 0 Å². The minimum absolute atomic E-state index is 0.0765. The van der Waals surface area contributed by atoms with Crippen molar-refractivity contribution in [1.29, 1.82) is 0 Å². The summed E-state index contributed by atoms with van der Waals surface area (Å²) >= 11 is 1.38. The molecule has 0 radical (unpaired) electrons. The summed E-state index contributed by atoms with van der Waals surface area (Å²) in [4.78, 5) is 13.2. The van der Waals surface area contributed by atoms with Crippen molar-refractivity contribution in [3.63, 3.8) is 0 Å². The standard InChI is InChI=1S/C13H17NO.W/c1-13(2,3)14(4)9-11-7-5-6-8-12(11)10-15;/h5-8,10H,1-4H3;. The number of benzene rings is 1. The van der Waals surface area contributed by atoms with E-state index in [2.05, 4.69) is 32.7 Å². The van der Waals surface area contributed by atoms with E-state index in [9.17, 15) is 4.79 Å². The molecule has 0 aromatic heterocycles. The summed E-state index contributed by atoms with van der Waals surface area (Å²) in [5, 5.41) is 0. The molecule has 0 saturated heterocycles. The van der Waals surface area contributed by atoms with E-state index in [1.807, 2.05) is 24.3 Å². The summed E-state index contributed by atoms with van der Waals surface area (Å²) < 4.78 is 1.20. The quantitative estimate of drug-likeness (QED) is 0.742. The Hall–Kier alpha value is -0.592. The van der Waals surface area contributed by atoms with E-state index in [0.717, 1.165) is 17.4 Å². The van der Waals surface area contributed by atoms with Crippen LogP contribution < -0.4 is 0 Å². The Morgan fingerprint density at radius 2 is 1.88 bits per heavy atom. The topological polar surface area (TPSA) is 20.3 Å². The zero-order chi connectivity index (χ0) is 12.3. The zero-order valence-electron chi connectivity index (χ0n) is 10.2. The third kappa shape index (κ3) is 2.96. The summed E-state index contributed by atoms with van der Waals surface area (Å²) in [6.45, 7) is 6.50. The Morgan fingerprint density at radius 1 is 1.31 bits per heavy atom. The number of hydrogen-bond acceptors (Lipinski definition) is 2. The number of aldehydes is 1. The molecule has 2 nitrogen and oxygen atoms in total. The van der Waals surface area contributed by atoms with Crippen molar-refractivity contribution >= 4 is 10.3 Å². The van der Waals surface area contributed by atoms with Gasteiger partial charge in [0.05, 0.1) is 0 Å². The summed E-state index contributed by atoms with van der Waals surface area (Å²) in [6.07, 6.45) is 0.925. The molecule has 1 aromatic carbocycles.